The number of piperidine rings is 1. The third-order valence-electron chi connectivity index (χ3n) is 3.33. The second-order valence-electron chi connectivity index (χ2n) is 4.71. The maximum atomic E-state index is 12.1. The summed E-state index contributed by atoms with van der Waals surface area (Å²) in [6, 6.07) is 3.33. The third-order valence-corrected chi connectivity index (χ3v) is 5.18. The van der Waals surface area contributed by atoms with Crippen LogP contribution in [0.2, 0.25) is 0 Å². The minimum atomic E-state index is -3.25. The fraction of sp³-hybridized carbons (Fsp3) is 0.538. The zero-order valence-electron chi connectivity index (χ0n) is 11.4. The van der Waals surface area contributed by atoms with Gasteiger partial charge in [0.1, 0.15) is 5.75 Å². The molecule has 0 saturated carbocycles. The quantitative estimate of drug-likeness (QED) is 0.777. The zero-order chi connectivity index (χ0) is 14.6. The van der Waals surface area contributed by atoms with E-state index in [9.17, 15) is 13.2 Å². The van der Waals surface area contributed by atoms with Crippen molar-refractivity contribution in [1.29, 1.82) is 0 Å². The Hall–Kier alpha value is -1.47. The van der Waals surface area contributed by atoms with Crippen LogP contribution in [0, 0.1) is 5.92 Å². The van der Waals surface area contributed by atoms with Gasteiger partial charge >= 0.3 is 5.97 Å². The lowest BCUT2D eigenvalue weighted by Gasteiger charge is -2.30. The molecule has 0 aliphatic carbocycles. The Bertz CT molecular complexity index is 559. The maximum absolute atomic E-state index is 12.1. The highest BCUT2D eigenvalue weighted by Gasteiger charge is 2.32. The first-order valence-corrected chi connectivity index (χ1v) is 8.23. The average molecular weight is 298 g/mol. The SMILES string of the molecule is CCS(=O)(=O)N1CCCC(C(=O)Oc2cccnc2)C1. The van der Waals surface area contributed by atoms with Gasteiger partial charge in [0.25, 0.3) is 0 Å². The molecule has 2 heterocycles. The van der Waals surface area contributed by atoms with Gasteiger partial charge < -0.3 is 4.74 Å². The minimum absolute atomic E-state index is 0.0529. The van der Waals surface area contributed by atoms with Crippen LogP contribution in [0.3, 0.4) is 0 Å². The number of carbonyl (C=O) groups excluding carboxylic acids is 1. The van der Waals surface area contributed by atoms with Crippen LogP contribution in [0.15, 0.2) is 24.5 Å². The summed E-state index contributed by atoms with van der Waals surface area (Å²) in [4.78, 5) is 15.9. The van der Waals surface area contributed by atoms with Gasteiger partial charge in [-0.05, 0) is 31.9 Å². The van der Waals surface area contributed by atoms with Crippen molar-refractivity contribution in [2.45, 2.75) is 19.8 Å². The minimum Gasteiger partial charge on any atom is -0.425 e. The second-order valence-corrected chi connectivity index (χ2v) is 6.97. The molecule has 20 heavy (non-hydrogen) atoms. The molecule has 1 saturated heterocycles. The summed E-state index contributed by atoms with van der Waals surface area (Å²) in [6.45, 7) is 2.29. The highest BCUT2D eigenvalue weighted by molar-refractivity contribution is 7.89. The Kier molecular flexibility index (Phi) is 4.72. The molecular weight excluding hydrogens is 280 g/mol. The topological polar surface area (TPSA) is 76.6 Å². The normalized spacial score (nSPS) is 20.6. The molecule has 1 aliphatic heterocycles. The van der Waals surface area contributed by atoms with E-state index in [0.29, 0.717) is 25.1 Å². The molecule has 0 spiro atoms. The average Bonchev–Trinajstić information content (AvgIpc) is 2.48. The van der Waals surface area contributed by atoms with Crippen LogP contribution < -0.4 is 4.74 Å². The van der Waals surface area contributed by atoms with Crippen LogP contribution >= 0.6 is 0 Å². The van der Waals surface area contributed by atoms with E-state index in [-0.39, 0.29) is 12.3 Å². The van der Waals surface area contributed by atoms with Gasteiger partial charge in [0.15, 0.2) is 0 Å². The zero-order valence-corrected chi connectivity index (χ0v) is 12.2. The van der Waals surface area contributed by atoms with Gasteiger partial charge in [-0.1, -0.05) is 0 Å². The number of ether oxygens (including phenoxy) is 1. The van der Waals surface area contributed by atoms with Crippen molar-refractivity contribution in [2.75, 3.05) is 18.8 Å². The summed E-state index contributed by atoms with van der Waals surface area (Å²) in [5.74, 6) is -0.371. The number of pyridine rings is 1. The van der Waals surface area contributed by atoms with Crippen LogP contribution in [0.25, 0.3) is 0 Å². The van der Waals surface area contributed by atoms with Crippen LogP contribution in [0.5, 0.6) is 5.75 Å². The number of rotatable bonds is 4. The Morgan fingerprint density at radius 1 is 1.55 bits per heavy atom. The number of aromatic nitrogens is 1. The van der Waals surface area contributed by atoms with Gasteiger partial charge in [-0.2, -0.15) is 0 Å². The number of nitrogens with zero attached hydrogens (tertiary/aromatic N) is 2. The van der Waals surface area contributed by atoms with Crippen molar-refractivity contribution in [3.8, 4) is 5.75 Å². The van der Waals surface area contributed by atoms with Crippen molar-refractivity contribution in [3.05, 3.63) is 24.5 Å². The van der Waals surface area contributed by atoms with E-state index in [1.54, 1.807) is 25.3 Å². The molecule has 0 aromatic carbocycles. The Morgan fingerprint density at radius 3 is 3.00 bits per heavy atom. The van der Waals surface area contributed by atoms with Crippen molar-refractivity contribution in [2.24, 2.45) is 5.92 Å². The summed E-state index contributed by atoms with van der Waals surface area (Å²) in [7, 11) is -3.25. The molecule has 1 unspecified atom stereocenters. The lowest BCUT2D eigenvalue weighted by molar-refractivity contribution is -0.140. The van der Waals surface area contributed by atoms with Gasteiger partial charge in [0.05, 0.1) is 17.9 Å². The van der Waals surface area contributed by atoms with Gasteiger partial charge in [-0.25, -0.2) is 12.7 Å². The molecule has 0 N–H and O–H groups in total. The van der Waals surface area contributed by atoms with E-state index in [0.717, 1.165) is 0 Å². The number of carbonyl (C=O) groups is 1. The summed E-state index contributed by atoms with van der Waals surface area (Å²) < 4.78 is 30.3. The molecular formula is C13H18N2O4S. The Morgan fingerprint density at radius 2 is 2.35 bits per heavy atom. The molecule has 1 atom stereocenters. The van der Waals surface area contributed by atoms with E-state index in [1.807, 2.05) is 0 Å². The molecule has 0 bridgehead atoms. The van der Waals surface area contributed by atoms with Gasteiger partial charge in [-0.3, -0.25) is 9.78 Å². The molecule has 110 valence electrons. The third kappa shape index (κ3) is 3.55. The number of hydrogen-bond donors (Lipinski definition) is 0. The Balaban J connectivity index is 2.00. The van der Waals surface area contributed by atoms with E-state index < -0.39 is 21.9 Å². The molecule has 0 amide bonds. The summed E-state index contributed by atoms with van der Waals surface area (Å²) in [6.07, 6.45) is 4.37. The van der Waals surface area contributed by atoms with Gasteiger partial charge in [0.2, 0.25) is 10.0 Å². The van der Waals surface area contributed by atoms with Gasteiger partial charge in [0, 0.05) is 19.3 Å². The lowest BCUT2D eigenvalue weighted by atomic mass is 10.00. The molecule has 2 rings (SSSR count). The van der Waals surface area contributed by atoms with Crippen LogP contribution in [-0.4, -0.2) is 42.5 Å². The first-order chi connectivity index (χ1) is 9.53. The van der Waals surface area contributed by atoms with E-state index in [2.05, 4.69) is 4.98 Å². The predicted molar refractivity (Wildman–Crippen MR) is 73.6 cm³/mol. The predicted octanol–water partition coefficient (Wildman–Crippen LogP) is 1.05. The molecule has 7 heteroatoms. The largest absolute Gasteiger partial charge is 0.425 e. The smallest absolute Gasteiger partial charge is 0.315 e. The highest BCUT2D eigenvalue weighted by atomic mass is 32.2. The van der Waals surface area contributed by atoms with Crippen LogP contribution in [-0.2, 0) is 14.8 Å². The van der Waals surface area contributed by atoms with E-state index >= 15 is 0 Å². The fourth-order valence-corrected chi connectivity index (χ4v) is 3.36. The van der Waals surface area contributed by atoms with Crippen molar-refractivity contribution in [3.63, 3.8) is 0 Å². The van der Waals surface area contributed by atoms with Gasteiger partial charge in [-0.15, -0.1) is 0 Å². The highest BCUT2D eigenvalue weighted by Crippen LogP contribution is 2.21. The first-order valence-electron chi connectivity index (χ1n) is 6.62. The second kappa shape index (κ2) is 6.32. The van der Waals surface area contributed by atoms with Crippen molar-refractivity contribution >= 4 is 16.0 Å². The van der Waals surface area contributed by atoms with E-state index in [4.69, 9.17) is 4.74 Å². The summed E-state index contributed by atoms with van der Waals surface area (Å²) in [5.41, 5.74) is 0. The van der Waals surface area contributed by atoms with Crippen molar-refractivity contribution in [1.82, 2.24) is 9.29 Å². The van der Waals surface area contributed by atoms with Crippen LogP contribution in [0.1, 0.15) is 19.8 Å². The molecule has 1 fully saturated rings. The van der Waals surface area contributed by atoms with E-state index in [1.165, 1.54) is 10.5 Å². The molecule has 1 aromatic rings. The Labute approximate surface area is 118 Å². The van der Waals surface area contributed by atoms with Crippen molar-refractivity contribution < 1.29 is 17.9 Å². The molecule has 1 aromatic heterocycles. The summed E-state index contributed by atoms with van der Waals surface area (Å²) >= 11 is 0. The molecule has 6 nitrogen and oxygen atoms in total. The maximum Gasteiger partial charge on any atom is 0.315 e. The lowest BCUT2D eigenvalue weighted by Crippen LogP contribution is -2.43. The fourth-order valence-electron chi connectivity index (χ4n) is 2.18. The number of esters is 1. The molecule has 1 aliphatic rings. The standard InChI is InChI=1S/C13H18N2O4S/c1-2-20(17,18)15-8-4-5-11(10-15)13(16)19-12-6-3-7-14-9-12/h3,6-7,9,11H,2,4-5,8,10H2,1H3. The first kappa shape index (κ1) is 14.9. The monoisotopic (exact) mass is 298 g/mol. The summed E-state index contributed by atoms with van der Waals surface area (Å²) in [5, 5.41) is 0. The van der Waals surface area contributed by atoms with Crippen LogP contribution in [0.4, 0.5) is 0 Å². The number of hydrogen-bond acceptors (Lipinski definition) is 5. The molecule has 0 radical (unpaired) electrons. The number of sulfonamides is 1.